The van der Waals surface area contributed by atoms with E-state index < -0.39 is 0 Å². The van der Waals surface area contributed by atoms with Crippen LogP contribution in [-0.4, -0.2) is 19.9 Å². The lowest BCUT2D eigenvalue weighted by molar-refractivity contribution is 0.174. The third-order valence-corrected chi connectivity index (χ3v) is 2.30. The Bertz CT molecular complexity index is 413. The zero-order valence-electron chi connectivity index (χ0n) is 9.40. The monoisotopic (exact) mass is 221 g/mol. The van der Waals surface area contributed by atoms with Crippen molar-refractivity contribution in [3.05, 3.63) is 23.8 Å². The van der Waals surface area contributed by atoms with E-state index in [1.165, 1.54) is 0 Å². The molecule has 0 saturated carbocycles. The van der Waals surface area contributed by atoms with Crippen LogP contribution < -0.4 is 19.9 Å². The topological polar surface area (TPSA) is 53.7 Å². The molecule has 0 bridgehead atoms. The van der Waals surface area contributed by atoms with Crippen LogP contribution in [0, 0.1) is 0 Å². The van der Waals surface area contributed by atoms with E-state index in [-0.39, 0.29) is 12.8 Å². The van der Waals surface area contributed by atoms with Crippen molar-refractivity contribution in [2.75, 3.05) is 13.9 Å². The predicted molar refractivity (Wildman–Crippen MR) is 61.8 cm³/mol. The molecule has 1 heterocycles. The Morgan fingerprint density at radius 3 is 2.69 bits per heavy atom. The Balaban J connectivity index is 2.36. The number of benzene rings is 1. The first-order chi connectivity index (χ1) is 7.70. The number of ether oxygens (including phenoxy) is 3. The van der Waals surface area contributed by atoms with Gasteiger partial charge >= 0.3 is 0 Å². The van der Waals surface area contributed by atoms with E-state index in [2.05, 4.69) is 0 Å². The molecule has 1 unspecified atom stereocenters. The van der Waals surface area contributed by atoms with Gasteiger partial charge in [-0.05, 0) is 13.0 Å². The lowest BCUT2D eigenvalue weighted by Gasteiger charge is -2.06. The summed E-state index contributed by atoms with van der Waals surface area (Å²) in [6.07, 6.45) is 3.82. The van der Waals surface area contributed by atoms with Gasteiger partial charge in [0, 0.05) is 17.7 Å². The number of hydrogen-bond donors (Lipinski definition) is 1. The molecule has 0 amide bonds. The zero-order valence-corrected chi connectivity index (χ0v) is 9.40. The quantitative estimate of drug-likeness (QED) is 0.845. The van der Waals surface area contributed by atoms with Gasteiger partial charge in [-0.1, -0.05) is 12.2 Å². The second-order valence-corrected chi connectivity index (χ2v) is 3.67. The second-order valence-electron chi connectivity index (χ2n) is 3.67. The van der Waals surface area contributed by atoms with Gasteiger partial charge in [-0.2, -0.15) is 0 Å². The number of hydrogen-bond acceptors (Lipinski definition) is 4. The second kappa shape index (κ2) is 4.45. The normalized spacial score (nSPS) is 15.4. The molecule has 4 nitrogen and oxygen atoms in total. The van der Waals surface area contributed by atoms with Gasteiger partial charge in [0.25, 0.3) is 0 Å². The summed E-state index contributed by atoms with van der Waals surface area (Å²) in [5.41, 5.74) is 6.60. The van der Waals surface area contributed by atoms with E-state index in [4.69, 9.17) is 19.9 Å². The average molecular weight is 221 g/mol. The minimum Gasteiger partial charge on any atom is -0.496 e. The Hall–Kier alpha value is -1.68. The lowest BCUT2D eigenvalue weighted by atomic mass is 10.1. The van der Waals surface area contributed by atoms with Crippen LogP contribution in [0.4, 0.5) is 0 Å². The molecule has 1 aromatic rings. The maximum Gasteiger partial charge on any atom is 0.231 e. The summed E-state index contributed by atoms with van der Waals surface area (Å²) in [5.74, 6) is 2.21. The van der Waals surface area contributed by atoms with Gasteiger partial charge < -0.3 is 19.9 Å². The molecule has 0 fully saturated rings. The first-order valence-electron chi connectivity index (χ1n) is 5.12. The first kappa shape index (κ1) is 10.8. The van der Waals surface area contributed by atoms with Crippen molar-refractivity contribution in [2.45, 2.75) is 13.0 Å². The highest BCUT2D eigenvalue weighted by Crippen LogP contribution is 2.38. The number of rotatable bonds is 3. The smallest absolute Gasteiger partial charge is 0.231 e. The largest absolute Gasteiger partial charge is 0.496 e. The molecule has 2 N–H and O–H groups in total. The van der Waals surface area contributed by atoms with Crippen LogP contribution in [0.2, 0.25) is 0 Å². The molecule has 86 valence electrons. The fraction of sp³-hybridized carbons (Fsp3) is 0.333. The molecule has 4 heteroatoms. The predicted octanol–water partition coefficient (Wildman–Crippen LogP) is 1.78. The lowest BCUT2D eigenvalue weighted by Crippen LogP contribution is -2.09. The Labute approximate surface area is 94.6 Å². The third kappa shape index (κ3) is 2.12. The highest BCUT2D eigenvalue weighted by atomic mass is 16.7. The standard InChI is InChI=1S/C12H15NO3/c1-8(13)3-4-9-5-11-12(16-7-15-11)6-10(9)14-2/h3-6,8H,7,13H2,1-2H3/b4-3+. The summed E-state index contributed by atoms with van der Waals surface area (Å²) >= 11 is 0. The molecule has 1 atom stereocenters. The van der Waals surface area contributed by atoms with Crippen molar-refractivity contribution < 1.29 is 14.2 Å². The van der Waals surface area contributed by atoms with Crippen molar-refractivity contribution in [3.8, 4) is 17.2 Å². The molecule has 0 aromatic heterocycles. The van der Waals surface area contributed by atoms with Gasteiger partial charge in [-0.3, -0.25) is 0 Å². The molecular weight excluding hydrogens is 206 g/mol. The summed E-state index contributed by atoms with van der Waals surface area (Å²) in [5, 5.41) is 0. The van der Waals surface area contributed by atoms with Crippen molar-refractivity contribution in [1.29, 1.82) is 0 Å². The zero-order chi connectivity index (χ0) is 11.5. The third-order valence-electron chi connectivity index (χ3n) is 2.30. The number of methoxy groups -OCH3 is 1. The summed E-state index contributed by atoms with van der Waals surface area (Å²) in [7, 11) is 1.63. The first-order valence-corrected chi connectivity index (χ1v) is 5.12. The molecule has 1 aliphatic heterocycles. The molecule has 0 spiro atoms. The minimum absolute atomic E-state index is 0.00938. The molecule has 1 aliphatic rings. The maximum absolute atomic E-state index is 5.66. The number of nitrogens with two attached hydrogens (primary N) is 1. The van der Waals surface area contributed by atoms with Crippen molar-refractivity contribution in [3.63, 3.8) is 0 Å². The van der Waals surface area contributed by atoms with Crippen LogP contribution in [-0.2, 0) is 0 Å². The van der Waals surface area contributed by atoms with Gasteiger partial charge in [0.1, 0.15) is 5.75 Å². The fourth-order valence-electron chi connectivity index (χ4n) is 1.50. The van der Waals surface area contributed by atoms with E-state index in [0.29, 0.717) is 0 Å². The highest BCUT2D eigenvalue weighted by Gasteiger charge is 2.16. The molecule has 0 radical (unpaired) electrons. The van der Waals surface area contributed by atoms with Crippen molar-refractivity contribution in [1.82, 2.24) is 0 Å². The molecule has 0 aliphatic carbocycles. The van der Waals surface area contributed by atoms with Gasteiger partial charge in [0.05, 0.1) is 7.11 Å². The Kier molecular flexibility index (Phi) is 3.01. The van der Waals surface area contributed by atoms with Crippen LogP contribution in [0.25, 0.3) is 6.08 Å². The summed E-state index contributed by atoms with van der Waals surface area (Å²) in [4.78, 5) is 0. The van der Waals surface area contributed by atoms with Crippen LogP contribution in [0.5, 0.6) is 17.2 Å². The van der Waals surface area contributed by atoms with Crippen LogP contribution in [0.15, 0.2) is 18.2 Å². The van der Waals surface area contributed by atoms with Crippen molar-refractivity contribution in [2.24, 2.45) is 5.73 Å². The Morgan fingerprint density at radius 2 is 2.06 bits per heavy atom. The molecule has 1 aromatic carbocycles. The summed E-state index contributed by atoms with van der Waals surface area (Å²) in [6.45, 7) is 2.18. The van der Waals surface area contributed by atoms with Crippen LogP contribution in [0.3, 0.4) is 0 Å². The molecule has 2 rings (SSSR count). The highest BCUT2D eigenvalue weighted by molar-refractivity contribution is 5.64. The minimum atomic E-state index is 0.00938. The van der Waals surface area contributed by atoms with E-state index in [1.54, 1.807) is 7.11 Å². The van der Waals surface area contributed by atoms with Crippen LogP contribution in [0.1, 0.15) is 12.5 Å². The van der Waals surface area contributed by atoms with E-state index in [1.807, 2.05) is 31.2 Å². The van der Waals surface area contributed by atoms with E-state index in [9.17, 15) is 0 Å². The van der Waals surface area contributed by atoms with E-state index in [0.717, 1.165) is 22.8 Å². The molecular formula is C12H15NO3. The molecule has 16 heavy (non-hydrogen) atoms. The van der Waals surface area contributed by atoms with Crippen molar-refractivity contribution >= 4 is 6.08 Å². The SMILES string of the molecule is COc1cc2c(cc1/C=C/C(C)N)OCO2. The van der Waals surface area contributed by atoms with Gasteiger partial charge in [-0.25, -0.2) is 0 Å². The summed E-state index contributed by atoms with van der Waals surface area (Å²) < 4.78 is 15.8. The molecule has 0 saturated heterocycles. The maximum atomic E-state index is 5.66. The Morgan fingerprint density at radius 1 is 1.38 bits per heavy atom. The summed E-state index contributed by atoms with van der Waals surface area (Å²) in [6, 6.07) is 3.72. The number of fused-ring (bicyclic) bond motifs is 1. The fourth-order valence-corrected chi connectivity index (χ4v) is 1.50. The van der Waals surface area contributed by atoms with Gasteiger partial charge in [0.15, 0.2) is 11.5 Å². The van der Waals surface area contributed by atoms with E-state index >= 15 is 0 Å². The van der Waals surface area contributed by atoms with Gasteiger partial charge in [0.2, 0.25) is 6.79 Å². The van der Waals surface area contributed by atoms with Crippen LogP contribution >= 0.6 is 0 Å². The average Bonchev–Trinajstić information content (AvgIpc) is 2.71. The van der Waals surface area contributed by atoms with Gasteiger partial charge in [-0.15, -0.1) is 0 Å².